The third kappa shape index (κ3) is 3.23. The van der Waals surface area contributed by atoms with E-state index in [0.29, 0.717) is 18.9 Å². The van der Waals surface area contributed by atoms with Crippen LogP contribution in [0.4, 0.5) is 18.0 Å². The fraction of sp³-hybridized carbons (Fsp3) is 0.941. The van der Waals surface area contributed by atoms with Crippen molar-refractivity contribution in [2.75, 3.05) is 26.2 Å². The summed E-state index contributed by atoms with van der Waals surface area (Å²) in [4.78, 5) is 13.8. The zero-order valence-electron chi connectivity index (χ0n) is 14.3. The zero-order chi connectivity index (χ0) is 17.7. The molecule has 8 heteroatoms. The number of carbonyl (C=O) groups excluding carboxylic acids is 1. The molecule has 1 spiro atoms. The van der Waals surface area contributed by atoms with Crippen molar-refractivity contribution in [2.45, 2.75) is 62.9 Å². The largest absolute Gasteiger partial charge is 0.401 e. The first-order valence-corrected chi connectivity index (χ1v) is 9.35. The van der Waals surface area contributed by atoms with Crippen molar-refractivity contribution in [1.82, 2.24) is 15.5 Å². The van der Waals surface area contributed by atoms with Crippen LogP contribution < -0.4 is 10.6 Å². The number of nitrogens with zero attached hydrogens (tertiary/aromatic N) is 1. The molecule has 4 atom stereocenters. The van der Waals surface area contributed by atoms with Crippen molar-refractivity contribution < 1.29 is 22.7 Å². The summed E-state index contributed by atoms with van der Waals surface area (Å²) >= 11 is 0. The first-order valence-electron chi connectivity index (χ1n) is 9.35. The molecule has 4 rings (SSSR count). The minimum atomic E-state index is -4.19. The van der Waals surface area contributed by atoms with Crippen molar-refractivity contribution in [2.24, 2.45) is 11.3 Å². The molecule has 2 amide bonds. The van der Waals surface area contributed by atoms with Gasteiger partial charge >= 0.3 is 12.2 Å². The third-order valence-electron chi connectivity index (χ3n) is 6.58. The Kier molecular flexibility index (Phi) is 4.38. The van der Waals surface area contributed by atoms with Gasteiger partial charge in [0.2, 0.25) is 0 Å². The number of hydrogen-bond donors (Lipinski definition) is 2. The Labute approximate surface area is 145 Å². The molecule has 5 nitrogen and oxygen atoms in total. The molecule has 2 aliphatic heterocycles. The van der Waals surface area contributed by atoms with Crippen molar-refractivity contribution in [1.29, 1.82) is 0 Å². The second-order valence-electron chi connectivity index (χ2n) is 8.12. The van der Waals surface area contributed by atoms with Crippen LogP contribution in [0, 0.1) is 11.3 Å². The SMILES string of the molecule is O=C(N[C@@H]1CCN(CC(F)(F)F)C1)N[C@@H]1[C@H]2CCO[C@H]2C12CCCC2. The van der Waals surface area contributed by atoms with Gasteiger partial charge in [-0.05, 0) is 25.7 Å². The average Bonchev–Trinajstić information content (AvgIpc) is 3.23. The minimum Gasteiger partial charge on any atom is -0.377 e. The average molecular weight is 361 g/mol. The van der Waals surface area contributed by atoms with Crippen LogP contribution in [0.25, 0.3) is 0 Å². The molecule has 4 fully saturated rings. The lowest BCUT2D eigenvalue weighted by molar-refractivity contribution is -0.143. The number of nitrogens with one attached hydrogen (secondary N) is 2. The van der Waals surface area contributed by atoms with Crippen LogP contribution in [0.15, 0.2) is 0 Å². The van der Waals surface area contributed by atoms with Gasteiger partial charge in [0, 0.05) is 43.1 Å². The van der Waals surface area contributed by atoms with Crippen molar-refractivity contribution in [3.8, 4) is 0 Å². The molecule has 0 aromatic heterocycles. The van der Waals surface area contributed by atoms with E-state index < -0.39 is 12.7 Å². The summed E-state index contributed by atoms with van der Waals surface area (Å²) in [5.74, 6) is 0.397. The van der Waals surface area contributed by atoms with E-state index in [1.165, 1.54) is 17.7 Å². The second-order valence-corrected chi connectivity index (χ2v) is 8.12. The van der Waals surface area contributed by atoms with Gasteiger partial charge in [0.1, 0.15) is 0 Å². The Morgan fingerprint density at radius 1 is 1.20 bits per heavy atom. The van der Waals surface area contributed by atoms with E-state index in [9.17, 15) is 18.0 Å². The van der Waals surface area contributed by atoms with E-state index in [0.717, 1.165) is 25.9 Å². The van der Waals surface area contributed by atoms with Crippen LogP contribution in [0.3, 0.4) is 0 Å². The molecule has 0 bridgehead atoms. The number of rotatable bonds is 3. The summed E-state index contributed by atoms with van der Waals surface area (Å²) in [6.07, 6.45) is 2.21. The lowest BCUT2D eigenvalue weighted by Gasteiger charge is -2.56. The molecule has 0 aromatic carbocycles. The molecule has 142 valence electrons. The smallest absolute Gasteiger partial charge is 0.377 e. The van der Waals surface area contributed by atoms with Gasteiger partial charge in [-0.3, -0.25) is 4.90 Å². The zero-order valence-corrected chi connectivity index (χ0v) is 14.3. The van der Waals surface area contributed by atoms with E-state index in [2.05, 4.69) is 10.6 Å². The quantitative estimate of drug-likeness (QED) is 0.811. The molecule has 2 aliphatic carbocycles. The fourth-order valence-corrected chi connectivity index (χ4v) is 5.62. The molecular formula is C17H26F3N3O2. The highest BCUT2D eigenvalue weighted by molar-refractivity contribution is 5.75. The third-order valence-corrected chi connectivity index (χ3v) is 6.58. The molecule has 0 unspecified atom stereocenters. The predicted molar refractivity (Wildman–Crippen MR) is 85.1 cm³/mol. The lowest BCUT2D eigenvalue weighted by atomic mass is 9.54. The van der Waals surface area contributed by atoms with Crippen LogP contribution in [0.1, 0.15) is 38.5 Å². The summed E-state index contributed by atoms with van der Waals surface area (Å²) in [6, 6.07) is -0.298. The molecule has 2 N–H and O–H groups in total. The van der Waals surface area contributed by atoms with Crippen molar-refractivity contribution in [3.63, 3.8) is 0 Å². The van der Waals surface area contributed by atoms with Gasteiger partial charge in [-0.1, -0.05) is 12.8 Å². The van der Waals surface area contributed by atoms with Gasteiger partial charge < -0.3 is 15.4 Å². The normalized spacial score (nSPS) is 37.1. The summed E-state index contributed by atoms with van der Waals surface area (Å²) in [5, 5.41) is 6.02. The Balaban J connectivity index is 1.29. The summed E-state index contributed by atoms with van der Waals surface area (Å²) in [7, 11) is 0. The molecule has 2 saturated heterocycles. The van der Waals surface area contributed by atoms with E-state index in [-0.39, 0.29) is 36.2 Å². The Hall–Kier alpha value is -1.02. The molecular weight excluding hydrogens is 335 g/mol. The molecule has 0 aromatic rings. The van der Waals surface area contributed by atoms with Gasteiger partial charge in [-0.2, -0.15) is 13.2 Å². The fourth-order valence-electron chi connectivity index (χ4n) is 5.62. The number of amides is 2. The van der Waals surface area contributed by atoms with Gasteiger partial charge in [-0.15, -0.1) is 0 Å². The van der Waals surface area contributed by atoms with E-state index in [1.807, 2.05) is 0 Å². The first kappa shape index (κ1) is 17.4. The Morgan fingerprint density at radius 3 is 2.68 bits per heavy atom. The number of halogens is 3. The predicted octanol–water partition coefficient (Wildman–Crippen LogP) is 2.27. The minimum absolute atomic E-state index is 0.0938. The monoisotopic (exact) mass is 361 g/mol. The summed E-state index contributed by atoms with van der Waals surface area (Å²) in [5.41, 5.74) is 0.0938. The highest BCUT2D eigenvalue weighted by Gasteiger charge is 2.65. The number of ether oxygens (including phenoxy) is 1. The summed E-state index contributed by atoms with van der Waals surface area (Å²) < 4.78 is 43.3. The van der Waals surface area contributed by atoms with Crippen LogP contribution in [0.5, 0.6) is 0 Å². The standard InChI is InChI=1S/C17H26F3N3O2/c18-17(19,20)10-23-7-3-11(9-23)21-15(24)22-13-12-4-8-25-14(12)16(13)5-1-2-6-16/h11-14H,1-10H2,(H2,21,22,24)/t11-,12-,13-,14-/m1/s1. The maximum absolute atomic E-state index is 12.5. The van der Waals surface area contributed by atoms with Crippen LogP contribution in [-0.4, -0.2) is 61.5 Å². The van der Waals surface area contributed by atoms with Crippen molar-refractivity contribution in [3.05, 3.63) is 0 Å². The molecule has 0 radical (unpaired) electrons. The van der Waals surface area contributed by atoms with E-state index >= 15 is 0 Å². The van der Waals surface area contributed by atoms with E-state index in [1.54, 1.807) is 0 Å². The molecule has 25 heavy (non-hydrogen) atoms. The topological polar surface area (TPSA) is 53.6 Å². The first-order chi connectivity index (χ1) is 11.9. The number of alkyl halides is 3. The molecule has 2 saturated carbocycles. The van der Waals surface area contributed by atoms with Crippen LogP contribution in [-0.2, 0) is 4.74 Å². The van der Waals surface area contributed by atoms with Gasteiger partial charge in [-0.25, -0.2) is 4.79 Å². The van der Waals surface area contributed by atoms with Crippen LogP contribution in [0.2, 0.25) is 0 Å². The van der Waals surface area contributed by atoms with E-state index in [4.69, 9.17) is 4.74 Å². The van der Waals surface area contributed by atoms with Gasteiger partial charge in [0.05, 0.1) is 12.6 Å². The Bertz CT molecular complexity index is 522. The maximum atomic E-state index is 12.5. The number of urea groups is 1. The van der Waals surface area contributed by atoms with Crippen molar-refractivity contribution >= 4 is 6.03 Å². The van der Waals surface area contributed by atoms with Gasteiger partial charge in [0.25, 0.3) is 0 Å². The molecule has 4 aliphatic rings. The maximum Gasteiger partial charge on any atom is 0.401 e. The lowest BCUT2D eigenvalue weighted by Crippen LogP contribution is -2.69. The summed E-state index contributed by atoms with van der Waals surface area (Å²) in [6.45, 7) is 0.500. The number of likely N-dealkylation sites (tertiary alicyclic amines) is 1. The number of fused-ring (bicyclic) bond motifs is 2. The number of hydrogen-bond acceptors (Lipinski definition) is 3. The second kappa shape index (κ2) is 6.30. The van der Waals surface area contributed by atoms with Crippen LogP contribution >= 0.6 is 0 Å². The molecule has 2 heterocycles. The highest BCUT2D eigenvalue weighted by atomic mass is 19.4. The Morgan fingerprint density at radius 2 is 1.96 bits per heavy atom. The highest BCUT2D eigenvalue weighted by Crippen LogP contribution is 2.60. The number of carbonyl (C=O) groups is 1. The van der Waals surface area contributed by atoms with Gasteiger partial charge in [0.15, 0.2) is 0 Å².